The van der Waals surface area contributed by atoms with Crippen LogP contribution in [0.2, 0.25) is 0 Å². The molecular formula is C27H46O2. The van der Waals surface area contributed by atoms with E-state index in [9.17, 15) is 4.79 Å². The summed E-state index contributed by atoms with van der Waals surface area (Å²) in [6.45, 7) is 14.9. The smallest absolute Gasteiger partial charge is 0.306 e. The highest BCUT2D eigenvalue weighted by molar-refractivity contribution is 5.70. The molecule has 1 aliphatic heterocycles. The van der Waals surface area contributed by atoms with Crippen molar-refractivity contribution in [2.24, 2.45) is 52.3 Å². The molecule has 0 amide bonds. The third-order valence-electron chi connectivity index (χ3n) is 10.5. The minimum absolute atomic E-state index is 0.0509. The number of esters is 1. The van der Waals surface area contributed by atoms with Gasteiger partial charge in [0.15, 0.2) is 0 Å². The Kier molecular flexibility index (Phi) is 5.88. The van der Waals surface area contributed by atoms with E-state index in [0.29, 0.717) is 17.8 Å². The first kappa shape index (κ1) is 21.7. The number of hydrogen-bond acceptors (Lipinski definition) is 2. The first-order valence-electron chi connectivity index (χ1n) is 12.9. The maximum Gasteiger partial charge on any atom is 0.306 e. The molecule has 0 spiro atoms. The monoisotopic (exact) mass is 402 g/mol. The molecule has 4 fully saturated rings. The largest absolute Gasteiger partial charge is 0.462 e. The fraction of sp³-hybridized carbons (Fsp3) is 0.963. The summed E-state index contributed by atoms with van der Waals surface area (Å²) in [6, 6.07) is 0. The highest BCUT2D eigenvalue weighted by Gasteiger charge is 2.63. The predicted octanol–water partition coefficient (Wildman–Crippen LogP) is 7.26. The summed E-state index contributed by atoms with van der Waals surface area (Å²) in [5.41, 5.74) is 0.772. The third-order valence-corrected chi connectivity index (χ3v) is 10.5. The molecule has 166 valence electrons. The molecule has 0 aromatic heterocycles. The van der Waals surface area contributed by atoms with Gasteiger partial charge >= 0.3 is 5.97 Å². The molecule has 2 nitrogen and oxygen atoms in total. The van der Waals surface area contributed by atoms with Crippen LogP contribution in [-0.4, -0.2) is 12.1 Å². The lowest BCUT2D eigenvalue weighted by molar-refractivity contribution is -0.201. The second kappa shape index (κ2) is 7.86. The van der Waals surface area contributed by atoms with Gasteiger partial charge in [0, 0.05) is 11.8 Å². The highest BCUT2D eigenvalue weighted by atomic mass is 16.5. The SMILES string of the molecule is CC(C)CCCC(C)C1CCC2C3C(CC[C@]12C)[C@@]1(C)CCC(=O)O[C@@H]1C[C@@H]3C. The lowest BCUT2D eigenvalue weighted by atomic mass is 9.45. The molecule has 9 atom stereocenters. The minimum atomic E-state index is 0.0509. The molecule has 3 aliphatic carbocycles. The summed E-state index contributed by atoms with van der Waals surface area (Å²) in [5, 5.41) is 0. The van der Waals surface area contributed by atoms with Crippen LogP contribution < -0.4 is 0 Å². The minimum Gasteiger partial charge on any atom is -0.462 e. The molecule has 0 bridgehead atoms. The lowest BCUT2D eigenvalue weighted by Crippen LogP contribution is -2.59. The van der Waals surface area contributed by atoms with E-state index in [1.807, 2.05) is 0 Å². The van der Waals surface area contributed by atoms with E-state index in [-0.39, 0.29) is 17.5 Å². The zero-order valence-electron chi connectivity index (χ0n) is 20.0. The van der Waals surface area contributed by atoms with Gasteiger partial charge in [-0.3, -0.25) is 4.79 Å². The van der Waals surface area contributed by atoms with Crippen molar-refractivity contribution in [2.75, 3.05) is 0 Å². The summed E-state index contributed by atoms with van der Waals surface area (Å²) in [6.07, 6.45) is 12.9. The van der Waals surface area contributed by atoms with E-state index in [0.717, 1.165) is 48.3 Å². The Morgan fingerprint density at radius 1 is 1.00 bits per heavy atom. The molecule has 5 unspecified atom stereocenters. The number of rotatable bonds is 5. The van der Waals surface area contributed by atoms with Gasteiger partial charge in [-0.1, -0.05) is 60.8 Å². The third kappa shape index (κ3) is 3.59. The van der Waals surface area contributed by atoms with Gasteiger partial charge in [-0.05, 0) is 85.4 Å². The van der Waals surface area contributed by atoms with E-state index in [2.05, 4.69) is 41.5 Å². The normalized spacial score (nSPS) is 47.9. The van der Waals surface area contributed by atoms with Gasteiger partial charge in [-0.2, -0.15) is 0 Å². The molecule has 1 saturated heterocycles. The summed E-state index contributed by atoms with van der Waals surface area (Å²) >= 11 is 0. The number of carbonyl (C=O) groups is 1. The molecular weight excluding hydrogens is 356 g/mol. The van der Waals surface area contributed by atoms with Gasteiger partial charge in [-0.25, -0.2) is 0 Å². The Hall–Kier alpha value is -0.530. The molecule has 0 aromatic carbocycles. The summed E-state index contributed by atoms with van der Waals surface area (Å²) in [5.74, 6) is 5.88. The van der Waals surface area contributed by atoms with E-state index < -0.39 is 0 Å². The second-order valence-electron chi connectivity index (χ2n) is 12.5. The quantitative estimate of drug-likeness (QED) is 0.452. The average Bonchev–Trinajstić information content (AvgIpc) is 3.00. The molecule has 4 rings (SSSR count). The first-order chi connectivity index (χ1) is 13.7. The van der Waals surface area contributed by atoms with Crippen molar-refractivity contribution in [2.45, 2.75) is 112 Å². The lowest BCUT2D eigenvalue weighted by Gasteiger charge is -2.61. The van der Waals surface area contributed by atoms with Crippen LogP contribution in [0.4, 0.5) is 0 Å². The van der Waals surface area contributed by atoms with Gasteiger partial charge in [0.05, 0.1) is 0 Å². The molecule has 29 heavy (non-hydrogen) atoms. The Morgan fingerprint density at radius 3 is 2.45 bits per heavy atom. The van der Waals surface area contributed by atoms with Crippen LogP contribution in [-0.2, 0) is 9.53 Å². The van der Waals surface area contributed by atoms with E-state index in [1.54, 1.807) is 0 Å². The Morgan fingerprint density at radius 2 is 1.72 bits per heavy atom. The van der Waals surface area contributed by atoms with Crippen LogP contribution in [0, 0.1) is 52.3 Å². The topological polar surface area (TPSA) is 26.3 Å². The molecule has 3 saturated carbocycles. The van der Waals surface area contributed by atoms with Crippen molar-refractivity contribution in [3.8, 4) is 0 Å². The van der Waals surface area contributed by atoms with Crippen LogP contribution in [0.3, 0.4) is 0 Å². The van der Waals surface area contributed by atoms with Crippen LogP contribution >= 0.6 is 0 Å². The van der Waals surface area contributed by atoms with Crippen molar-refractivity contribution in [3.05, 3.63) is 0 Å². The highest BCUT2D eigenvalue weighted by Crippen LogP contribution is 2.68. The molecule has 0 aromatic rings. The fourth-order valence-corrected chi connectivity index (χ4v) is 8.90. The zero-order chi connectivity index (χ0) is 21.0. The van der Waals surface area contributed by atoms with Gasteiger partial charge in [0.1, 0.15) is 6.10 Å². The second-order valence-corrected chi connectivity index (χ2v) is 12.5. The zero-order valence-corrected chi connectivity index (χ0v) is 20.0. The summed E-state index contributed by atoms with van der Waals surface area (Å²) in [7, 11) is 0. The van der Waals surface area contributed by atoms with Crippen LogP contribution in [0.1, 0.15) is 106 Å². The molecule has 4 aliphatic rings. The Bertz CT molecular complexity index is 612. The van der Waals surface area contributed by atoms with E-state index in [1.165, 1.54) is 44.9 Å². The van der Waals surface area contributed by atoms with E-state index >= 15 is 0 Å². The molecule has 0 N–H and O–H groups in total. The van der Waals surface area contributed by atoms with Crippen molar-refractivity contribution in [1.29, 1.82) is 0 Å². The first-order valence-corrected chi connectivity index (χ1v) is 12.9. The van der Waals surface area contributed by atoms with Gasteiger partial charge in [-0.15, -0.1) is 0 Å². The maximum atomic E-state index is 12.0. The van der Waals surface area contributed by atoms with Crippen molar-refractivity contribution in [3.63, 3.8) is 0 Å². The fourth-order valence-electron chi connectivity index (χ4n) is 8.90. The number of ether oxygens (including phenoxy) is 1. The van der Waals surface area contributed by atoms with Crippen molar-refractivity contribution >= 4 is 5.97 Å². The van der Waals surface area contributed by atoms with Gasteiger partial charge in [0.25, 0.3) is 0 Å². The predicted molar refractivity (Wildman–Crippen MR) is 119 cm³/mol. The Balaban J connectivity index is 1.51. The molecule has 2 heteroatoms. The van der Waals surface area contributed by atoms with Gasteiger partial charge in [0.2, 0.25) is 0 Å². The maximum absolute atomic E-state index is 12.0. The van der Waals surface area contributed by atoms with Gasteiger partial charge < -0.3 is 4.74 Å². The molecule has 0 radical (unpaired) electrons. The Labute approximate surface area is 179 Å². The van der Waals surface area contributed by atoms with Crippen molar-refractivity contribution in [1.82, 2.24) is 0 Å². The average molecular weight is 403 g/mol. The van der Waals surface area contributed by atoms with E-state index in [4.69, 9.17) is 4.74 Å². The van der Waals surface area contributed by atoms with Crippen LogP contribution in [0.15, 0.2) is 0 Å². The molecule has 1 heterocycles. The number of carbonyl (C=O) groups excluding carboxylic acids is 1. The van der Waals surface area contributed by atoms with Crippen LogP contribution in [0.25, 0.3) is 0 Å². The van der Waals surface area contributed by atoms with Crippen molar-refractivity contribution < 1.29 is 9.53 Å². The summed E-state index contributed by atoms with van der Waals surface area (Å²) < 4.78 is 5.93. The number of fused-ring (bicyclic) bond motifs is 5. The number of hydrogen-bond donors (Lipinski definition) is 0. The van der Waals surface area contributed by atoms with Crippen LogP contribution in [0.5, 0.6) is 0 Å². The summed E-state index contributed by atoms with van der Waals surface area (Å²) in [4.78, 5) is 12.0. The standard InChI is InChI=1S/C27H46O2/c1-17(2)8-7-9-18(3)20-10-11-21-25-19(4)16-23-27(6,15-13-24(28)29-23)22(25)12-14-26(20,21)5/h17-23,25H,7-16H2,1-6H3/t18?,19-,20?,21?,22?,23+,25?,26+,27+/m0/s1.